The Morgan fingerprint density at radius 2 is 1.50 bits per heavy atom. The van der Waals surface area contributed by atoms with Gasteiger partial charge in [-0.15, -0.1) is 0 Å². The average Bonchev–Trinajstić information content (AvgIpc) is 1.41. The second-order valence-corrected chi connectivity index (χ2v) is 0.492. The zero-order valence-electron chi connectivity index (χ0n) is 3.76. The second kappa shape index (κ2) is 8.83. The van der Waals surface area contributed by atoms with Crippen LogP contribution in [0.3, 0.4) is 0 Å². The molecule has 3 nitrogen and oxygen atoms in total. The van der Waals surface area contributed by atoms with Crippen LogP contribution in [0.4, 0.5) is 0 Å². The van der Waals surface area contributed by atoms with Crippen molar-refractivity contribution in [1.82, 2.24) is 0 Å². The van der Waals surface area contributed by atoms with E-state index in [2.05, 4.69) is 0 Å². The monoisotopic (exact) mass is 91.0 g/mol. The van der Waals surface area contributed by atoms with Crippen LogP contribution in [-0.4, -0.2) is 18.2 Å². The summed E-state index contributed by atoms with van der Waals surface area (Å²) in [5.74, 6) is -1.08. The molecule has 0 aromatic rings. The smallest absolute Gasteiger partial charge is 0.352 e. The third-order valence-corrected chi connectivity index (χ3v) is 0. The summed E-state index contributed by atoms with van der Waals surface area (Å²) in [4.78, 5) is 8.89. The van der Waals surface area contributed by atoms with Gasteiger partial charge in [0.05, 0.1) is 0 Å². The third-order valence-electron chi connectivity index (χ3n) is 0. The molecule has 0 unspecified atom stereocenters. The van der Waals surface area contributed by atoms with Gasteiger partial charge in [-0.05, 0) is 0 Å². The van der Waals surface area contributed by atoms with E-state index in [9.17, 15) is 0 Å². The van der Waals surface area contributed by atoms with Crippen molar-refractivity contribution in [1.29, 1.82) is 0 Å². The minimum atomic E-state index is -1.08. The fourth-order valence-corrected chi connectivity index (χ4v) is 0. The Balaban J connectivity index is 0. The maximum Gasteiger partial charge on any atom is 0.352 e. The lowest BCUT2D eigenvalue weighted by atomic mass is 10.9. The number of aliphatic hydroxyl groups excluding tert-OH is 1. The molecule has 6 heavy (non-hydrogen) atoms. The number of rotatable bonds is 0. The predicted octanol–water partition coefficient (Wildman–Crippen LogP) is -0.428. The summed E-state index contributed by atoms with van der Waals surface area (Å²) in [5.41, 5.74) is 0. The maximum absolute atomic E-state index is 8.89. The normalized spacial score (nSPS) is 5.17. The molecule has 0 saturated carbocycles. The number of aliphatic hydroxyl groups is 1. The fourth-order valence-electron chi connectivity index (χ4n) is 0. The van der Waals surface area contributed by atoms with E-state index in [1.54, 1.807) is 0 Å². The van der Waals surface area contributed by atoms with Crippen LogP contribution >= 0.6 is 0 Å². The van der Waals surface area contributed by atoms with Crippen LogP contribution < -0.4 is 0 Å². The summed E-state index contributed by atoms with van der Waals surface area (Å²) in [6.07, 6.45) is 0. The molecule has 1 radical (unpaired) electrons. The molecular weight excluding hydrogens is 84.0 g/mol. The molecule has 0 fully saturated rings. The summed E-state index contributed by atoms with van der Waals surface area (Å²) >= 11 is 0. The summed E-state index contributed by atoms with van der Waals surface area (Å²) < 4.78 is 0. The Labute approximate surface area is 36.2 Å². The van der Waals surface area contributed by atoms with Crippen LogP contribution in [0.25, 0.3) is 0 Å². The van der Waals surface area contributed by atoms with Gasteiger partial charge >= 0.3 is 5.97 Å². The Morgan fingerprint density at radius 3 is 1.50 bits per heavy atom. The number of carbonyl (C=O) groups is 1. The van der Waals surface area contributed by atoms with Gasteiger partial charge in [0.2, 0.25) is 0 Å². The molecule has 0 aliphatic rings. The highest BCUT2D eigenvalue weighted by Crippen LogP contribution is 1.45. The van der Waals surface area contributed by atoms with E-state index in [1.807, 2.05) is 0 Å². The zero-order valence-corrected chi connectivity index (χ0v) is 3.76. The van der Waals surface area contributed by atoms with Crippen molar-refractivity contribution in [3.05, 3.63) is 0 Å². The molecule has 0 heterocycles. The van der Waals surface area contributed by atoms with Crippen LogP contribution in [0, 0.1) is 0 Å². The van der Waals surface area contributed by atoms with Crippen LogP contribution in [0.15, 0.2) is 0 Å². The molecule has 37 valence electrons. The molecular formula is C3H7O3. The number of hydrogen-bond acceptors (Lipinski definition) is 2. The lowest BCUT2D eigenvalue weighted by Gasteiger charge is -1.50. The first-order valence-corrected chi connectivity index (χ1v) is 1.36. The first-order chi connectivity index (χ1) is 2.73. The van der Waals surface area contributed by atoms with Gasteiger partial charge in [0, 0.05) is 14.0 Å². The first kappa shape index (κ1) is 9.06. The molecule has 0 bridgehead atoms. The molecule has 0 saturated heterocycles. The summed E-state index contributed by atoms with van der Waals surface area (Å²) in [6.45, 7) is 0.972. The van der Waals surface area contributed by atoms with Crippen molar-refractivity contribution in [2.45, 2.75) is 6.92 Å². The van der Waals surface area contributed by atoms with Crippen molar-refractivity contribution < 1.29 is 15.0 Å². The molecule has 0 aliphatic heterocycles. The standard InChI is InChI=1S/C2H3O2.CH4O/c1-2(3)4;1-2/h1H3;2H,1H3. The molecule has 0 aromatic heterocycles. The summed E-state index contributed by atoms with van der Waals surface area (Å²) in [5, 5.41) is 15.9. The van der Waals surface area contributed by atoms with E-state index >= 15 is 0 Å². The Kier molecular flexibility index (Phi) is 13.3. The maximum atomic E-state index is 8.89. The van der Waals surface area contributed by atoms with Gasteiger partial charge in [-0.1, -0.05) is 0 Å². The van der Waals surface area contributed by atoms with Crippen molar-refractivity contribution in [3.63, 3.8) is 0 Å². The molecule has 0 amide bonds. The second-order valence-electron chi connectivity index (χ2n) is 0.492. The number of carbonyl (C=O) groups excluding carboxylic acids is 1. The predicted molar refractivity (Wildman–Crippen MR) is 19.5 cm³/mol. The van der Waals surface area contributed by atoms with Crippen LogP contribution in [0.2, 0.25) is 0 Å². The highest BCUT2D eigenvalue weighted by atomic mass is 16.4. The lowest BCUT2D eigenvalue weighted by Crippen LogP contribution is -1.74. The van der Waals surface area contributed by atoms with Crippen molar-refractivity contribution in [3.8, 4) is 0 Å². The van der Waals surface area contributed by atoms with Gasteiger partial charge in [-0.2, -0.15) is 0 Å². The minimum Gasteiger partial charge on any atom is -0.400 e. The largest absolute Gasteiger partial charge is 0.400 e. The van der Waals surface area contributed by atoms with Gasteiger partial charge < -0.3 is 5.11 Å². The van der Waals surface area contributed by atoms with Crippen LogP contribution in [-0.2, 0) is 9.90 Å². The van der Waals surface area contributed by atoms with Gasteiger partial charge in [0.15, 0.2) is 0 Å². The van der Waals surface area contributed by atoms with Crippen molar-refractivity contribution in [2.75, 3.05) is 7.11 Å². The zero-order chi connectivity index (χ0) is 5.58. The van der Waals surface area contributed by atoms with Gasteiger partial charge in [-0.3, -0.25) is 0 Å². The lowest BCUT2D eigenvalue weighted by molar-refractivity contribution is -0.140. The molecule has 0 rings (SSSR count). The van der Waals surface area contributed by atoms with Gasteiger partial charge in [0.1, 0.15) is 0 Å². The fraction of sp³-hybridized carbons (Fsp3) is 0.667. The summed E-state index contributed by atoms with van der Waals surface area (Å²) in [7, 11) is 1.00. The highest BCUT2D eigenvalue weighted by Gasteiger charge is 1.71. The summed E-state index contributed by atoms with van der Waals surface area (Å²) in [6, 6.07) is 0. The van der Waals surface area contributed by atoms with Gasteiger partial charge in [-0.25, -0.2) is 9.90 Å². The Morgan fingerprint density at radius 1 is 1.50 bits per heavy atom. The molecule has 0 aromatic carbocycles. The van der Waals surface area contributed by atoms with Gasteiger partial charge in [0.25, 0.3) is 0 Å². The molecule has 0 spiro atoms. The van der Waals surface area contributed by atoms with E-state index in [0.717, 1.165) is 14.0 Å². The SMILES string of the molecule is CC([O])=O.CO. The average molecular weight is 91.1 g/mol. The van der Waals surface area contributed by atoms with E-state index in [-0.39, 0.29) is 0 Å². The molecule has 3 heteroatoms. The quantitative estimate of drug-likeness (QED) is 0.440. The van der Waals surface area contributed by atoms with Crippen LogP contribution in [0.5, 0.6) is 0 Å². The minimum absolute atomic E-state index is 0.972. The molecule has 0 atom stereocenters. The van der Waals surface area contributed by atoms with Crippen molar-refractivity contribution >= 4 is 5.97 Å². The third kappa shape index (κ3) is 62.3. The highest BCUT2D eigenvalue weighted by molar-refractivity contribution is 5.62. The van der Waals surface area contributed by atoms with E-state index in [4.69, 9.17) is 15.0 Å². The topological polar surface area (TPSA) is 57.2 Å². The van der Waals surface area contributed by atoms with Crippen molar-refractivity contribution in [2.24, 2.45) is 0 Å². The number of hydrogen-bond donors (Lipinski definition) is 1. The molecule has 1 N–H and O–H groups in total. The van der Waals surface area contributed by atoms with Crippen LogP contribution in [0.1, 0.15) is 6.92 Å². The Hall–Kier alpha value is -0.570. The molecule has 0 aliphatic carbocycles. The van der Waals surface area contributed by atoms with E-state index in [1.165, 1.54) is 0 Å². The van der Waals surface area contributed by atoms with E-state index in [0.29, 0.717) is 0 Å². The Bertz CT molecular complexity index is 29.0. The van der Waals surface area contributed by atoms with E-state index < -0.39 is 5.97 Å². The first-order valence-electron chi connectivity index (χ1n) is 1.36.